The molecule has 1 heterocycles. The van der Waals surface area contributed by atoms with Crippen LogP contribution in [-0.4, -0.2) is 57.7 Å². The van der Waals surface area contributed by atoms with Crippen molar-refractivity contribution in [3.05, 3.63) is 0 Å². The molecule has 0 bridgehead atoms. The summed E-state index contributed by atoms with van der Waals surface area (Å²) in [7, 11) is 0. The van der Waals surface area contributed by atoms with Gasteiger partial charge in [-0.2, -0.15) is 0 Å². The van der Waals surface area contributed by atoms with Gasteiger partial charge in [0.25, 0.3) is 0 Å². The second-order valence-corrected chi connectivity index (χ2v) is 8.21. The molecule has 26 heavy (non-hydrogen) atoms. The minimum absolute atomic E-state index is 0.00779. The summed E-state index contributed by atoms with van der Waals surface area (Å²) in [6.45, 7) is 5.28. The summed E-state index contributed by atoms with van der Waals surface area (Å²) < 4.78 is 0. The molecule has 4 atom stereocenters. The van der Waals surface area contributed by atoms with Crippen molar-refractivity contribution in [3.8, 4) is 0 Å². The van der Waals surface area contributed by atoms with Gasteiger partial charge in [0, 0.05) is 6.04 Å². The molecular formula is C22H45NO3. The highest BCUT2D eigenvalue weighted by Crippen LogP contribution is 2.29. The van der Waals surface area contributed by atoms with Crippen LogP contribution in [0.1, 0.15) is 104 Å². The number of aliphatic hydroxyl groups is 3. The van der Waals surface area contributed by atoms with E-state index in [9.17, 15) is 15.3 Å². The average molecular weight is 372 g/mol. The summed E-state index contributed by atoms with van der Waals surface area (Å²) in [4.78, 5) is 2.20. The molecule has 4 nitrogen and oxygen atoms in total. The third-order valence-electron chi connectivity index (χ3n) is 6.05. The van der Waals surface area contributed by atoms with Crippen LogP contribution in [0.15, 0.2) is 0 Å². The van der Waals surface area contributed by atoms with E-state index in [1.165, 1.54) is 70.6 Å². The summed E-state index contributed by atoms with van der Waals surface area (Å²) in [5.74, 6) is 0. The van der Waals surface area contributed by atoms with Crippen LogP contribution in [-0.2, 0) is 0 Å². The number of hydrogen-bond donors (Lipinski definition) is 3. The minimum atomic E-state index is -0.811. The lowest BCUT2D eigenvalue weighted by Crippen LogP contribution is -2.42. The predicted octanol–water partition coefficient (Wildman–Crippen LogP) is 4.25. The fraction of sp³-hybridized carbons (Fsp3) is 1.00. The molecule has 4 heteroatoms. The Balaban J connectivity index is 2.35. The zero-order valence-corrected chi connectivity index (χ0v) is 17.4. The summed E-state index contributed by atoms with van der Waals surface area (Å²) in [5.41, 5.74) is 0. The van der Waals surface area contributed by atoms with Gasteiger partial charge in [0.05, 0.1) is 24.9 Å². The standard InChI is InChI=1S/C22H45NO3/c1-3-5-7-9-11-13-15-17-23-19(16-14-12-10-8-6-4-2)21(25)22(26)20(23)18-24/h19-22,24-26H,3-18H2,1-2H3/t19-,20-,21+,22-/m1/s1. The van der Waals surface area contributed by atoms with E-state index in [0.29, 0.717) is 0 Å². The molecule has 0 aromatic rings. The average Bonchev–Trinajstić information content (AvgIpc) is 2.87. The van der Waals surface area contributed by atoms with E-state index < -0.39 is 12.2 Å². The Morgan fingerprint density at radius 3 is 1.62 bits per heavy atom. The second kappa shape index (κ2) is 14.8. The Kier molecular flexibility index (Phi) is 13.6. The summed E-state index contributed by atoms with van der Waals surface area (Å²) in [6, 6.07) is -0.288. The molecule has 0 aliphatic carbocycles. The molecule has 156 valence electrons. The minimum Gasteiger partial charge on any atom is -0.395 e. The Bertz CT molecular complexity index is 327. The Hall–Kier alpha value is -0.160. The molecule has 0 radical (unpaired) electrons. The van der Waals surface area contributed by atoms with Gasteiger partial charge in [0.2, 0.25) is 0 Å². The van der Waals surface area contributed by atoms with Gasteiger partial charge in [0.1, 0.15) is 0 Å². The van der Waals surface area contributed by atoms with E-state index in [1.807, 2.05) is 0 Å². The Morgan fingerprint density at radius 1 is 0.615 bits per heavy atom. The van der Waals surface area contributed by atoms with E-state index in [1.54, 1.807) is 0 Å². The van der Waals surface area contributed by atoms with E-state index in [2.05, 4.69) is 18.7 Å². The third-order valence-corrected chi connectivity index (χ3v) is 6.05. The maximum Gasteiger partial charge on any atom is 0.0991 e. The molecule has 1 rings (SSSR count). The lowest BCUT2D eigenvalue weighted by Gasteiger charge is -2.29. The van der Waals surface area contributed by atoms with E-state index in [0.717, 1.165) is 25.8 Å². The Labute approximate surface area is 162 Å². The van der Waals surface area contributed by atoms with Crippen molar-refractivity contribution in [2.24, 2.45) is 0 Å². The van der Waals surface area contributed by atoms with Crippen LogP contribution >= 0.6 is 0 Å². The van der Waals surface area contributed by atoms with Crippen LogP contribution in [0, 0.1) is 0 Å². The van der Waals surface area contributed by atoms with Crippen LogP contribution < -0.4 is 0 Å². The lowest BCUT2D eigenvalue weighted by molar-refractivity contribution is 0.0173. The number of rotatable bonds is 16. The monoisotopic (exact) mass is 371 g/mol. The predicted molar refractivity (Wildman–Crippen MR) is 109 cm³/mol. The highest BCUT2D eigenvalue weighted by molar-refractivity contribution is 5.00. The van der Waals surface area contributed by atoms with Gasteiger partial charge in [-0.15, -0.1) is 0 Å². The van der Waals surface area contributed by atoms with Gasteiger partial charge in [-0.1, -0.05) is 90.9 Å². The van der Waals surface area contributed by atoms with Crippen molar-refractivity contribution in [2.75, 3.05) is 13.2 Å². The van der Waals surface area contributed by atoms with Crippen molar-refractivity contribution in [2.45, 2.75) is 128 Å². The maximum atomic E-state index is 10.5. The first-order valence-corrected chi connectivity index (χ1v) is 11.4. The Morgan fingerprint density at radius 2 is 1.08 bits per heavy atom. The SMILES string of the molecule is CCCCCCCCCN1[C@H](CCCCCCCC)[C@H](O)[C@H](O)[C@H]1CO. The highest BCUT2D eigenvalue weighted by atomic mass is 16.3. The highest BCUT2D eigenvalue weighted by Gasteiger charge is 2.46. The van der Waals surface area contributed by atoms with Crippen LogP contribution in [0.2, 0.25) is 0 Å². The van der Waals surface area contributed by atoms with Crippen molar-refractivity contribution in [1.82, 2.24) is 4.90 Å². The number of unbranched alkanes of at least 4 members (excludes halogenated alkanes) is 11. The number of aliphatic hydroxyl groups excluding tert-OH is 3. The van der Waals surface area contributed by atoms with Crippen molar-refractivity contribution < 1.29 is 15.3 Å². The lowest BCUT2D eigenvalue weighted by atomic mass is 10.0. The summed E-state index contributed by atoms with van der Waals surface area (Å²) >= 11 is 0. The van der Waals surface area contributed by atoms with Crippen LogP contribution in [0.3, 0.4) is 0 Å². The molecule has 0 saturated carbocycles. The first kappa shape index (κ1) is 23.9. The molecule has 0 spiro atoms. The molecule has 1 aliphatic rings. The summed E-state index contributed by atoms with van der Waals surface area (Å²) in [5, 5.41) is 30.5. The molecule has 1 saturated heterocycles. The molecular weight excluding hydrogens is 326 g/mol. The fourth-order valence-corrected chi connectivity index (χ4v) is 4.36. The van der Waals surface area contributed by atoms with Crippen molar-refractivity contribution >= 4 is 0 Å². The van der Waals surface area contributed by atoms with Gasteiger partial charge < -0.3 is 15.3 Å². The van der Waals surface area contributed by atoms with E-state index in [-0.39, 0.29) is 18.7 Å². The van der Waals surface area contributed by atoms with Gasteiger partial charge in [-0.05, 0) is 19.4 Å². The van der Waals surface area contributed by atoms with Crippen LogP contribution in [0.25, 0.3) is 0 Å². The maximum absolute atomic E-state index is 10.5. The number of likely N-dealkylation sites (tertiary alicyclic amines) is 1. The quantitative estimate of drug-likeness (QED) is 0.355. The van der Waals surface area contributed by atoms with Crippen molar-refractivity contribution in [1.29, 1.82) is 0 Å². The van der Waals surface area contributed by atoms with Gasteiger partial charge in [0.15, 0.2) is 0 Å². The molecule has 1 fully saturated rings. The fourth-order valence-electron chi connectivity index (χ4n) is 4.36. The van der Waals surface area contributed by atoms with Gasteiger partial charge >= 0.3 is 0 Å². The van der Waals surface area contributed by atoms with E-state index in [4.69, 9.17) is 0 Å². The number of nitrogens with zero attached hydrogens (tertiary/aromatic N) is 1. The largest absolute Gasteiger partial charge is 0.395 e. The van der Waals surface area contributed by atoms with Gasteiger partial charge in [-0.25, -0.2) is 0 Å². The van der Waals surface area contributed by atoms with Gasteiger partial charge in [-0.3, -0.25) is 4.90 Å². The number of hydrogen-bond acceptors (Lipinski definition) is 4. The first-order valence-electron chi connectivity index (χ1n) is 11.4. The molecule has 0 amide bonds. The van der Waals surface area contributed by atoms with Crippen LogP contribution in [0.4, 0.5) is 0 Å². The normalized spacial score (nSPS) is 26.7. The smallest absolute Gasteiger partial charge is 0.0991 e. The van der Waals surface area contributed by atoms with Crippen molar-refractivity contribution in [3.63, 3.8) is 0 Å². The summed E-state index contributed by atoms with van der Waals surface area (Å²) in [6.07, 6.45) is 15.7. The first-order chi connectivity index (χ1) is 12.7. The zero-order chi connectivity index (χ0) is 19.2. The zero-order valence-electron chi connectivity index (χ0n) is 17.4. The third kappa shape index (κ3) is 8.24. The topological polar surface area (TPSA) is 63.9 Å². The molecule has 0 unspecified atom stereocenters. The second-order valence-electron chi connectivity index (χ2n) is 8.21. The molecule has 0 aromatic carbocycles. The molecule has 3 N–H and O–H groups in total. The molecule has 0 aromatic heterocycles. The molecule has 1 aliphatic heterocycles. The van der Waals surface area contributed by atoms with Crippen LogP contribution in [0.5, 0.6) is 0 Å². The van der Waals surface area contributed by atoms with E-state index >= 15 is 0 Å².